The Labute approximate surface area is 124 Å². The summed E-state index contributed by atoms with van der Waals surface area (Å²) >= 11 is 0. The SMILES string of the molecule is O=C(NCCO)NCC1(c2cccc(F)c2)CCCCC1. The fourth-order valence-electron chi connectivity index (χ4n) is 3.10. The highest BCUT2D eigenvalue weighted by atomic mass is 19.1. The van der Waals surface area contributed by atoms with Gasteiger partial charge in [-0.15, -0.1) is 0 Å². The number of hydrogen-bond donors (Lipinski definition) is 3. The molecule has 0 aromatic heterocycles. The third-order valence-corrected chi connectivity index (χ3v) is 4.23. The molecule has 0 heterocycles. The molecule has 0 spiro atoms. The molecule has 116 valence electrons. The summed E-state index contributed by atoms with van der Waals surface area (Å²) in [5, 5.41) is 14.1. The van der Waals surface area contributed by atoms with Crippen LogP contribution in [0.25, 0.3) is 0 Å². The molecular weight excluding hydrogens is 271 g/mol. The van der Waals surface area contributed by atoms with Crippen molar-refractivity contribution < 1.29 is 14.3 Å². The minimum absolute atomic E-state index is 0.0809. The van der Waals surface area contributed by atoms with E-state index in [0.717, 1.165) is 31.2 Å². The average Bonchev–Trinajstić information content (AvgIpc) is 2.52. The molecule has 0 radical (unpaired) electrons. The molecular formula is C16H23FN2O2. The number of benzene rings is 1. The third-order valence-electron chi connectivity index (χ3n) is 4.23. The number of aliphatic hydroxyl groups excluding tert-OH is 1. The molecule has 2 rings (SSSR count). The summed E-state index contributed by atoms with van der Waals surface area (Å²) in [5.41, 5.74) is 0.779. The molecule has 1 aliphatic carbocycles. The van der Waals surface area contributed by atoms with Crippen LogP contribution in [0.15, 0.2) is 24.3 Å². The van der Waals surface area contributed by atoms with E-state index in [9.17, 15) is 9.18 Å². The van der Waals surface area contributed by atoms with Gasteiger partial charge in [0, 0.05) is 18.5 Å². The lowest BCUT2D eigenvalue weighted by atomic mass is 9.69. The van der Waals surface area contributed by atoms with Crippen molar-refractivity contribution in [1.82, 2.24) is 10.6 Å². The van der Waals surface area contributed by atoms with E-state index in [2.05, 4.69) is 10.6 Å². The van der Waals surface area contributed by atoms with Gasteiger partial charge in [0.15, 0.2) is 0 Å². The summed E-state index contributed by atoms with van der Waals surface area (Å²) in [6.45, 7) is 0.648. The first kappa shape index (κ1) is 15.8. The Morgan fingerprint density at radius 3 is 2.67 bits per heavy atom. The van der Waals surface area contributed by atoms with Gasteiger partial charge in [-0.25, -0.2) is 9.18 Å². The zero-order valence-corrected chi connectivity index (χ0v) is 12.2. The molecule has 1 saturated carbocycles. The molecule has 4 nitrogen and oxygen atoms in total. The fraction of sp³-hybridized carbons (Fsp3) is 0.562. The van der Waals surface area contributed by atoms with Crippen LogP contribution in [0.3, 0.4) is 0 Å². The molecule has 1 fully saturated rings. The van der Waals surface area contributed by atoms with Crippen LogP contribution in [0, 0.1) is 5.82 Å². The van der Waals surface area contributed by atoms with E-state index in [1.165, 1.54) is 12.5 Å². The maximum atomic E-state index is 13.5. The topological polar surface area (TPSA) is 61.4 Å². The van der Waals surface area contributed by atoms with Crippen molar-refractivity contribution in [2.24, 2.45) is 0 Å². The average molecular weight is 294 g/mol. The first-order valence-corrected chi connectivity index (χ1v) is 7.55. The number of nitrogens with one attached hydrogen (secondary N) is 2. The van der Waals surface area contributed by atoms with Gasteiger partial charge in [0.05, 0.1) is 6.61 Å². The Morgan fingerprint density at radius 2 is 2.00 bits per heavy atom. The summed E-state index contributed by atoms with van der Waals surface area (Å²) in [6.07, 6.45) is 5.29. The Balaban J connectivity index is 2.08. The van der Waals surface area contributed by atoms with E-state index in [1.54, 1.807) is 12.1 Å². The van der Waals surface area contributed by atoms with Crippen molar-refractivity contribution in [2.75, 3.05) is 19.7 Å². The number of amides is 2. The van der Waals surface area contributed by atoms with Gasteiger partial charge >= 0.3 is 6.03 Å². The van der Waals surface area contributed by atoms with Gasteiger partial charge in [-0.1, -0.05) is 31.4 Å². The summed E-state index contributed by atoms with van der Waals surface area (Å²) in [7, 11) is 0. The van der Waals surface area contributed by atoms with Gasteiger partial charge in [-0.2, -0.15) is 0 Å². The Morgan fingerprint density at radius 1 is 1.24 bits per heavy atom. The molecule has 5 heteroatoms. The van der Waals surface area contributed by atoms with E-state index < -0.39 is 0 Å². The van der Waals surface area contributed by atoms with Crippen LogP contribution in [0.5, 0.6) is 0 Å². The molecule has 3 N–H and O–H groups in total. The summed E-state index contributed by atoms with van der Waals surface area (Å²) in [4.78, 5) is 11.7. The van der Waals surface area contributed by atoms with Crippen molar-refractivity contribution in [1.29, 1.82) is 0 Å². The van der Waals surface area contributed by atoms with E-state index in [1.807, 2.05) is 6.07 Å². The van der Waals surface area contributed by atoms with Gasteiger partial charge in [-0.05, 0) is 30.5 Å². The van der Waals surface area contributed by atoms with Gasteiger partial charge < -0.3 is 15.7 Å². The summed E-state index contributed by atoms with van der Waals surface area (Å²) in [6, 6.07) is 6.42. The van der Waals surface area contributed by atoms with Crippen molar-refractivity contribution in [2.45, 2.75) is 37.5 Å². The largest absolute Gasteiger partial charge is 0.395 e. The number of halogens is 1. The number of hydrogen-bond acceptors (Lipinski definition) is 2. The predicted molar refractivity (Wildman–Crippen MR) is 79.7 cm³/mol. The molecule has 0 unspecified atom stereocenters. The van der Waals surface area contributed by atoms with Crippen LogP contribution in [-0.2, 0) is 5.41 Å². The smallest absolute Gasteiger partial charge is 0.314 e. The van der Waals surface area contributed by atoms with Gasteiger partial charge in [0.2, 0.25) is 0 Å². The van der Waals surface area contributed by atoms with E-state index >= 15 is 0 Å². The highest BCUT2D eigenvalue weighted by Gasteiger charge is 2.34. The number of aliphatic hydroxyl groups is 1. The van der Waals surface area contributed by atoms with Crippen molar-refractivity contribution >= 4 is 6.03 Å². The lowest BCUT2D eigenvalue weighted by molar-refractivity contribution is 0.224. The van der Waals surface area contributed by atoms with Crippen molar-refractivity contribution in [3.63, 3.8) is 0 Å². The lowest BCUT2D eigenvalue weighted by Gasteiger charge is -2.38. The molecule has 0 atom stereocenters. The van der Waals surface area contributed by atoms with Crippen LogP contribution in [0.1, 0.15) is 37.7 Å². The molecule has 0 bridgehead atoms. The first-order chi connectivity index (χ1) is 10.2. The fourth-order valence-corrected chi connectivity index (χ4v) is 3.10. The maximum absolute atomic E-state index is 13.5. The number of rotatable bonds is 5. The second-order valence-corrected chi connectivity index (χ2v) is 5.68. The molecule has 21 heavy (non-hydrogen) atoms. The maximum Gasteiger partial charge on any atom is 0.314 e. The second-order valence-electron chi connectivity index (χ2n) is 5.68. The van der Waals surface area contributed by atoms with E-state index in [-0.39, 0.29) is 30.4 Å². The third kappa shape index (κ3) is 4.17. The summed E-state index contributed by atoms with van der Waals surface area (Å²) in [5.74, 6) is -0.234. The Kier molecular flexibility index (Phi) is 5.56. The van der Waals surface area contributed by atoms with Crippen LogP contribution < -0.4 is 10.6 Å². The number of carbonyl (C=O) groups is 1. The van der Waals surface area contributed by atoms with Crippen LogP contribution in [-0.4, -0.2) is 30.8 Å². The van der Waals surface area contributed by atoms with Gasteiger partial charge in [0.25, 0.3) is 0 Å². The number of urea groups is 1. The first-order valence-electron chi connectivity index (χ1n) is 7.55. The predicted octanol–water partition coefficient (Wildman–Crippen LogP) is 2.32. The summed E-state index contributed by atoms with van der Waals surface area (Å²) < 4.78 is 13.5. The van der Waals surface area contributed by atoms with Crippen LogP contribution in [0.4, 0.5) is 9.18 Å². The van der Waals surface area contributed by atoms with Gasteiger partial charge in [0.1, 0.15) is 5.82 Å². The standard InChI is InChI=1S/C16H23FN2O2/c17-14-6-4-5-13(11-14)16(7-2-1-3-8-16)12-19-15(21)18-9-10-20/h4-6,11,20H,1-3,7-10,12H2,(H2,18,19,21). The number of carbonyl (C=O) groups excluding carboxylic acids is 1. The zero-order chi connectivity index (χ0) is 15.1. The lowest BCUT2D eigenvalue weighted by Crippen LogP contribution is -2.46. The molecule has 1 aromatic rings. The van der Waals surface area contributed by atoms with Crippen LogP contribution >= 0.6 is 0 Å². The van der Waals surface area contributed by atoms with Crippen molar-refractivity contribution in [3.05, 3.63) is 35.6 Å². The van der Waals surface area contributed by atoms with Crippen LogP contribution in [0.2, 0.25) is 0 Å². The molecule has 2 amide bonds. The highest BCUT2D eigenvalue weighted by molar-refractivity contribution is 5.73. The minimum atomic E-state index is -0.287. The normalized spacial score (nSPS) is 17.2. The van der Waals surface area contributed by atoms with Crippen molar-refractivity contribution in [3.8, 4) is 0 Å². The van der Waals surface area contributed by atoms with E-state index in [4.69, 9.17) is 5.11 Å². The Bertz CT molecular complexity index is 473. The zero-order valence-electron chi connectivity index (χ0n) is 12.2. The molecule has 1 aromatic carbocycles. The Hall–Kier alpha value is -1.62. The second kappa shape index (κ2) is 7.41. The molecule has 0 aliphatic heterocycles. The molecule has 1 aliphatic rings. The monoisotopic (exact) mass is 294 g/mol. The molecule has 0 saturated heterocycles. The van der Waals surface area contributed by atoms with Gasteiger partial charge in [-0.3, -0.25) is 0 Å². The van der Waals surface area contributed by atoms with E-state index in [0.29, 0.717) is 6.54 Å². The quantitative estimate of drug-likeness (QED) is 0.780. The minimum Gasteiger partial charge on any atom is -0.395 e. The highest BCUT2D eigenvalue weighted by Crippen LogP contribution is 2.39.